The van der Waals surface area contributed by atoms with E-state index in [-0.39, 0.29) is 6.10 Å². The molecule has 0 aromatic carbocycles. The predicted molar refractivity (Wildman–Crippen MR) is 60.3 cm³/mol. The Morgan fingerprint density at radius 3 is 2.57 bits per heavy atom. The van der Waals surface area contributed by atoms with E-state index in [0.29, 0.717) is 12.1 Å². The Labute approximate surface area is 88.1 Å². The van der Waals surface area contributed by atoms with Crippen LogP contribution in [0.4, 0.5) is 0 Å². The van der Waals surface area contributed by atoms with Gasteiger partial charge < -0.3 is 10.4 Å². The van der Waals surface area contributed by atoms with Crippen LogP contribution in [0.1, 0.15) is 52.9 Å². The van der Waals surface area contributed by atoms with Crippen LogP contribution in [-0.2, 0) is 0 Å². The maximum atomic E-state index is 9.67. The van der Waals surface area contributed by atoms with E-state index in [2.05, 4.69) is 26.1 Å². The zero-order valence-corrected chi connectivity index (χ0v) is 9.79. The van der Waals surface area contributed by atoms with Crippen molar-refractivity contribution in [3.05, 3.63) is 0 Å². The second-order valence-corrected chi connectivity index (χ2v) is 4.92. The van der Waals surface area contributed by atoms with E-state index in [0.717, 1.165) is 18.8 Å². The SMILES string of the molecule is CCC(C)CC(C)N[C@H]1CCC[C@@H]1O. The smallest absolute Gasteiger partial charge is 0.0693 e. The van der Waals surface area contributed by atoms with Crippen molar-refractivity contribution in [3.63, 3.8) is 0 Å². The molecule has 2 nitrogen and oxygen atoms in total. The third kappa shape index (κ3) is 3.58. The highest BCUT2D eigenvalue weighted by molar-refractivity contribution is 4.84. The van der Waals surface area contributed by atoms with Crippen molar-refractivity contribution in [2.45, 2.75) is 71.1 Å². The molecule has 0 heterocycles. The van der Waals surface area contributed by atoms with Crippen molar-refractivity contribution in [3.8, 4) is 0 Å². The first kappa shape index (κ1) is 12.0. The van der Waals surface area contributed by atoms with E-state index in [1.54, 1.807) is 0 Å². The first-order valence-electron chi connectivity index (χ1n) is 6.07. The minimum atomic E-state index is -0.102. The average molecular weight is 199 g/mol. The highest BCUT2D eigenvalue weighted by Gasteiger charge is 2.26. The van der Waals surface area contributed by atoms with Crippen LogP contribution in [0.3, 0.4) is 0 Å². The molecule has 0 aliphatic heterocycles. The average Bonchev–Trinajstić information content (AvgIpc) is 2.51. The van der Waals surface area contributed by atoms with Crippen molar-refractivity contribution in [1.29, 1.82) is 0 Å². The van der Waals surface area contributed by atoms with E-state index in [1.165, 1.54) is 19.3 Å². The number of hydrogen-bond donors (Lipinski definition) is 2. The molecular formula is C12H25NO. The van der Waals surface area contributed by atoms with Gasteiger partial charge in [-0.2, -0.15) is 0 Å². The number of aliphatic hydroxyl groups is 1. The number of aliphatic hydroxyl groups excluding tert-OH is 1. The Morgan fingerprint density at radius 1 is 1.36 bits per heavy atom. The van der Waals surface area contributed by atoms with Gasteiger partial charge in [0.15, 0.2) is 0 Å². The van der Waals surface area contributed by atoms with Crippen LogP contribution in [0, 0.1) is 5.92 Å². The summed E-state index contributed by atoms with van der Waals surface area (Å²) in [7, 11) is 0. The van der Waals surface area contributed by atoms with Crippen LogP contribution in [0.15, 0.2) is 0 Å². The lowest BCUT2D eigenvalue weighted by atomic mass is 9.99. The van der Waals surface area contributed by atoms with Gasteiger partial charge >= 0.3 is 0 Å². The molecule has 0 aromatic rings. The van der Waals surface area contributed by atoms with Crippen molar-refractivity contribution < 1.29 is 5.11 Å². The minimum Gasteiger partial charge on any atom is -0.392 e. The van der Waals surface area contributed by atoms with Gasteiger partial charge in [-0.25, -0.2) is 0 Å². The second kappa shape index (κ2) is 5.72. The first-order valence-corrected chi connectivity index (χ1v) is 6.07. The molecule has 84 valence electrons. The van der Waals surface area contributed by atoms with Gasteiger partial charge in [0.1, 0.15) is 0 Å². The predicted octanol–water partition coefficient (Wildman–Crippen LogP) is 2.31. The molecule has 14 heavy (non-hydrogen) atoms. The fourth-order valence-corrected chi connectivity index (χ4v) is 2.34. The summed E-state index contributed by atoms with van der Waals surface area (Å²) in [5.41, 5.74) is 0. The largest absolute Gasteiger partial charge is 0.392 e. The van der Waals surface area contributed by atoms with Crippen LogP contribution in [0.25, 0.3) is 0 Å². The van der Waals surface area contributed by atoms with Gasteiger partial charge in [0.25, 0.3) is 0 Å². The molecule has 1 rings (SSSR count). The third-order valence-electron chi connectivity index (χ3n) is 3.43. The Balaban J connectivity index is 2.22. The van der Waals surface area contributed by atoms with Gasteiger partial charge in [-0.3, -0.25) is 0 Å². The van der Waals surface area contributed by atoms with Crippen molar-refractivity contribution in [2.75, 3.05) is 0 Å². The van der Waals surface area contributed by atoms with Gasteiger partial charge in [-0.05, 0) is 38.5 Å². The van der Waals surface area contributed by atoms with Gasteiger partial charge in [0.05, 0.1) is 6.10 Å². The van der Waals surface area contributed by atoms with Gasteiger partial charge in [-0.15, -0.1) is 0 Å². The maximum Gasteiger partial charge on any atom is 0.0693 e. The lowest BCUT2D eigenvalue weighted by Gasteiger charge is -2.24. The third-order valence-corrected chi connectivity index (χ3v) is 3.43. The summed E-state index contributed by atoms with van der Waals surface area (Å²) < 4.78 is 0. The van der Waals surface area contributed by atoms with Crippen LogP contribution < -0.4 is 5.32 Å². The zero-order chi connectivity index (χ0) is 10.6. The fraction of sp³-hybridized carbons (Fsp3) is 1.00. The quantitative estimate of drug-likeness (QED) is 0.712. The van der Waals surface area contributed by atoms with Crippen LogP contribution in [-0.4, -0.2) is 23.3 Å². The molecule has 2 N–H and O–H groups in total. The first-order chi connectivity index (χ1) is 6.63. The van der Waals surface area contributed by atoms with E-state index in [9.17, 15) is 5.11 Å². The molecular weight excluding hydrogens is 174 g/mol. The second-order valence-electron chi connectivity index (χ2n) is 4.92. The summed E-state index contributed by atoms with van der Waals surface area (Å²) in [6.45, 7) is 6.77. The summed E-state index contributed by atoms with van der Waals surface area (Å²) in [5, 5.41) is 13.2. The van der Waals surface area contributed by atoms with Crippen molar-refractivity contribution in [2.24, 2.45) is 5.92 Å². The number of hydrogen-bond acceptors (Lipinski definition) is 2. The topological polar surface area (TPSA) is 32.3 Å². The summed E-state index contributed by atoms with van der Waals surface area (Å²) in [5.74, 6) is 0.788. The molecule has 0 radical (unpaired) electrons. The van der Waals surface area contributed by atoms with E-state index in [1.807, 2.05) is 0 Å². The van der Waals surface area contributed by atoms with Gasteiger partial charge in [-0.1, -0.05) is 20.3 Å². The minimum absolute atomic E-state index is 0.102. The molecule has 0 saturated heterocycles. The molecule has 0 amide bonds. The molecule has 0 spiro atoms. The lowest BCUT2D eigenvalue weighted by Crippen LogP contribution is -2.41. The van der Waals surface area contributed by atoms with Crippen LogP contribution >= 0.6 is 0 Å². The van der Waals surface area contributed by atoms with Crippen LogP contribution in [0.5, 0.6) is 0 Å². The summed E-state index contributed by atoms with van der Waals surface area (Å²) in [6, 6.07) is 0.900. The summed E-state index contributed by atoms with van der Waals surface area (Å²) >= 11 is 0. The molecule has 1 fully saturated rings. The zero-order valence-electron chi connectivity index (χ0n) is 9.79. The molecule has 2 heteroatoms. The Bertz CT molecular complexity index is 160. The van der Waals surface area contributed by atoms with E-state index >= 15 is 0 Å². The molecule has 1 aliphatic rings. The van der Waals surface area contributed by atoms with Crippen molar-refractivity contribution in [1.82, 2.24) is 5.32 Å². The Kier molecular flexibility index (Phi) is 4.90. The highest BCUT2D eigenvalue weighted by atomic mass is 16.3. The Hall–Kier alpha value is -0.0800. The van der Waals surface area contributed by atoms with Gasteiger partial charge in [0.2, 0.25) is 0 Å². The van der Waals surface area contributed by atoms with Gasteiger partial charge in [0, 0.05) is 12.1 Å². The maximum absolute atomic E-state index is 9.67. The number of rotatable bonds is 5. The standard InChI is InChI=1S/C12H25NO/c1-4-9(2)8-10(3)13-11-6-5-7-12(11)14/h9-14H,4-8H2,1-3H3/t9?,10?,11-,12-/m0/s1. The van der Waals surface area contributed by atoms with E-state index < -0.39 is 0 Å². The molecule has 1 aliphatic carbocycles. The summed E-state index contributed by atoms with van der Waals surface area (Å²) in [4.78, 5) is 0. The number of nitrogens with one attached hydrogen (secondary N) is 1. The molecule has 0 aromatic heterocycles. The monoisotopic (exact) mass is 199 g/mol. The molecule has 2 unspecified atom stereocenters. The van der Waals surface area contributed by atoms with Crippen molar-refractivity contribution >= 4 is 0 Å². The molecule has 4 atom stereocenters. The van der Waals surface area contributed by atoms with E-state index in [4.69, 9.17) is 0 Å². The summed E-state index contributed by atoms with van der Waals surface area (Å²) in [6.07, 6.45) is 5.67. The van der Waals surface area contributed by atoms with Crippen LogP contribution in [0.2, 0.25) is 0 Å². The fourth-order valence-electron chi connectivity index (χ4n) is 2.34. The Morgan fingerprint density at radius 2 is 2.07 bits per heavy atom. The normalized spacial score (nSPS) is 31.7. The molecule has 1 saturated carbocycles. The lowest BCUT2D eigenvalue weighted by molar-refractivity contribution is 0.141. The molecule has 0 bridgehead atoms. The highest BCUT2D eigenvalue weighted by Crippen LogP contribution is 2.20.